The summed E-state index contributed by atoms with van der Waals surface area (Å²) in [6, 6.07) is 10.5. The molecule has 0 bridgehead atoms. The van der Waals surface area contributed by atoms with Crippen molar-refractivity contribution in [1.29, 1.82) is 0 Å². The van der Waals surface area contributed by atoms with Gasteiger partial charge in [0.05, 0.1) is 6.54 Å². The maximum atomic E-state index is 5.83. The number of aliphatic imine (C=N–C) groups is 1. The van der Waals surface area contributed by atoms with Gasteiger partial charge >= 0.3 is 0 Å². The molecule has 0 aliphatic carbocycles. The average Bonchev–Trinajstić information content (AvgIpc) is 2.35. The number of benzene rings is 1. The van der Waals surface area contributed by atoms with Crippen LogP contribution in [0, 0.1) is 0 Å². The van der Waals surface area contributed by atoms with Gasteiger partial charge < -0.3 is 11.1 Å². The molecule has 3 N–H and O–H groups in total. The highest BCUT2D eigenvalue weighted by molar-refractivity contribution is 5.78. The van der Waals surface area contributed by atoms with Crippen LogP contribution in [0.4, 0.5) is 0 Å². The maximum absolute atomic E-state index is 5.83. The van der Waals surface area contributed by atoms with Gasteiger partial charge in [-0.25, -0.2) is 4.99 Å². The molecule has 0 amide bonds. The standard InChI is InChI=1S/C14H23N3/c1-3-4-8-12(2)17-14(15)16-11-13-9-6-5-7-10-13/h5-7,9-10,12H,3-4,8,11H2,1-2H3,(H3,15,16,17). The molecule has 94 valence electrons. The van der Waals surface area contributed by atoms with Gasteiger partial charge in [0.1, 0.15) is 0 Å². The second kappa shape index (κ2) is 7.71. The third-order valence-corrected chi connectivity index (χ3v) is 2.66. The van der Waals surface area contributed by atoms with Crippen molar-refractivity contribution in [3.8, 4) is 0 Å². The first kappa shape index (κ1) is 13.6. The highest BCUT2D eigenvalue weighted by Gasteiger charge is 2.01. The van der Waals surface area contributed by atoms with Crippen LogP contribution in [-0.2, 0) is 6.54 Å². The van der Waals surface area contributed by atoms with E-state index in [1.165, 1.54) is 18.4 Å². The molecule has 17 heavy (non-hydrogen) atoms. The van der Waals surface area contributed by atoms with Crippen LogP contribution in [0.5, 0.6) is 0 Å². The largest absolute Gasteiger partial charge is 0.370 e. The minimum Gasteiger partial charge on any atom is -0.370 e. The van der Waals surface area contributed by atoms with Crippen molar-refractivity contribution in [2.45, 2.75) is 45.7 Å². The molecular formula is C14H23N3. The number of guanidine groups is 1. The van der Waals surface area contributed by atoms with Crippen LogP contribution in [0.2, 0.25) is 0 Å². The van der Waals surface area contributed by atoms with E-state index in [4.69, 9.17) is 5.73 Å². The predicted octanol–water partition coefficient (Wildman–Crippen LogP) is 2.67. The van der Waals surface area contributed by atoms with Gasteiger partial charge in [-0.05, 0) is 18.9 Å². The Labute approximate surface area is 104 Å². The van der Waals surface area contributed by atoms with E-state index in [0.29, 0.717) is 18.5 Å². The molecule has 0 saturated heterocycles. The topological polar surface area (TPSA) is 50.4 Å². The molecule has 0 spiro atoms. The fourth-order valence-electron chi connectivity index (χ4n) is 1.64. The third kappa shape index (κ3) is 5.95. The van der Waals surface area contributed by atoms with Gasteiger partial charge in [0, 0.05) is 6.04 Å². The van der Waals surface area contributed by atoms with Crippen LogP contribution in [0.15, 0.2) is 35.3 Å². The van der Waals surface area contributed by atoms with Gasteiger partial charge in [-0.15, -0.1) is 0 Å². The summed E-state index contributed by atoms with van der Waals surface area (Å²) < 4.78 is 0. The number of hydrogen-bond acceptors (Lipinski definition) is 1. The van der Waals surface area contributed by atoms with E-state index in [1.54, 1.807) is 0 Å². The summed E-state index contributed by atoms with van der Waals surface area (Å²) in [5.74, 6) is 0.539. The second-order valence-electron chi connectivity index (χ2n) is 4.37. The highest BCUT2D eigenvalue weighted by atomic mass is 15.1. The normalized spacial score (nSPS) is 13.4. The van der Waals surface area contributed by atoms with Crippen LogP contribution < -0.4 is 11.1 Å². The summed E-state index contributed by atoms with van der Waals surface area (Å²) >= 11 is 0. The van der Waals surface area contributed by atoms with Gasteiger partial charge in [0.25, 0.3) is 0 Å². The lowest BCUT2D eigenvalue weighted by Crippen LogP contribution is -2.38. The van der Waals surface area contributed by atoms with Crippen molar-refractivity contribution in [2.75, 3.05) is 0 Å². The first-order chi connectivity index (χ1) is 8.22. The number of nitrogens with one attached hydrogen (secondary N) is 1. The molecule has 3 heteroatoms. The highest BCUT2D eigenvalue weighted by Crippen LogP contribution is 2.01. The van der Waals surface area contributed by atoms with Gasteiger partial charge in [-0.2, -0.15) is 0 Å². The zero-order chi connectivity index (χ0) is 12.5. The lowest BCUT2D eigenvalue weighted by Gasteiger charge is -2.13. The molecule has 0 heterocycles. The first-order valence-electron chi connectivity index (χ1n) is 6.32. The van der Waals surface area contributed by atoms with Crippen LogP contribution in [0.25, 0.3) is 0 Å². The maximum Gasteiger partial charge on any atom is 0.189 e. The first-order valence-corrected chi connectivity index (χ1v) is 6.32. The molecule has 1 aromatic carbocycles. The van der Waals surface area contributed by atoms with Crippen molar-refractivity contribution in [1.82, 2.24) is 5.32 Å². The van der Waals surface area contributed by atoms with E-state index in [9.17, 15) is 0 Å². The molecule has 1 atom stereocenters. The van der Waals surface area contributed by atoms with E-state index < -0.39 is 0 Å². The van der Waals surface area contributed by atoms with Crippen molar-refractivity contribution >= 4 is 5.96 Å². The molecule has 0 radical (unpaired) electrons. The van der Waals surface area contributed by atoms with Gasteiger partial charge in [-0.3, -0.25) is 0 Å². The zero-order valence-electron chi connectivity index (χ0n) is 10.8. The number of unbranched alkanes of at least 4 members (excludes halogenated alkanes) is 1. The van der Waals surface area contributed by atoms with Crippen LogP contribution >= 0.6 is 0 Å². The zero-order valence-corrected chi connectivity index (χ0v) is 10.8. The SMILES string of the molecule is CCCCC(C)NC(N)=NCc1ccccc1. The second-order valence-corrected chi connectivity index (χ2v) is 4.37. The van der Waals surface area contributed by atoms with Gasteiger partial charge in [0.2, 0.25) is 0 Å². The Morgan fingerprint density at radius 1 is 1.35 bits per heavy atom. The van der Waals surface area contributed by atoms with Crippen molar-refractivity contribution in [2.24, 2.45) is 10.7 Å². The van der Waals surface area contributed by atoms with E-state index in [1.807, 2.05) is 18.2 Å². The van der Waals surface area contributed by atoms with Gasteiger partial charge in [0.15, 0.2) is 5.96 Å². The fraction of sp³-hybridized carbons (Fsp3) is 0.500. The Bertz CT molecular complexity index is 333. The smallest absolute Gasteiger partial charge is 0.189 e. The summed E-state index contributed by atoms with van der Waals surface area (Å²) in [6.45, 7) is 4.97. The summed E-state index contributed by atoms with van der Waals surface area (Å²) in [6.07, 6.45) is 3.57. The van der Waals surface area contributed by atoms with E-state index in [2.05, 4.69) is 36.3 Å². The average molecular weight is 233 g/mol. The number of nitrogens with two attached hydrogens (primary N) is 1. The number of rotatable bonds is 6. The van der Waals surface area contributed by atoms with Crippen molar-refractivity contribution in [3.63, 3.8) is 0 Å². The molecule has 0 aliphatic heterocycles. The van der Waals surface area contributed by atoms with Crippen LogP contribution in [0.1, 0.15) is 38.7 Å². The molecule has 0 aromatic heterocycles. The summed E-state index contributed by atoms with van der Waals surface area (Å²) in [4.78, 5) is 4.33. The number of nitrogens with zero attached hydrogens (tertiary/aromatic N) is 1. The van der Waals surface area contributed by atoms with Crippen LogP contribution in [-0.4, -0.2) is 12.0 Å². The minimum absolute atomic E-state index is 0.398. The predicted molar refractivity (Wildman–Crippen MR) is 73.9 cm³/mol. The Balaban J connectivity index is 2.34. The Morgan fingerprint density at radius 2 is 2.06 bits per heavy atom. The Kier molecular flexibility index (Phi) is 6.15. The lowest BCUT2D eigenvalue weighted by atomic mass is 10.1. The molecule has 1 unspecified atom stereocenters. The van der Waals surface area contributed by atoms with Crippen molar-refractivity contribution in [3.05, 3.63) is 35.9 Å². The summed E-state index contributed by atoms with van der Waals surface area (Å²) in [5, 5.41) is 3.21. The Morgan fingerprint density at radius 3 is 2.71 bits per heavy atom. The molecule has 1 aromatic rings. The van der Waals surface area contributed by atoms with E-state index >= 15 is 0 Å². The molecule has 3 nitrogen and oxygen atoms in total. The number of hydrogen-bond donors (Lipinski definition) is 2. The quantitative estimate of drug-likeness (QED) is 0.586. The fourth-order valence-corrected chi connectivity index (χ4v) is 1.64. The molecule has 0 fully saturated rings. The Hall–Kier alpha value is -1.51. The van der Waals surface area contributed by atoms with E-state index in [0.717, 1.165) is 6.42 Å². The summed E-state index contributed by atoms with van der Waals surface area (Å²) in [7, 11) is 0. The minimum atomic E-state index is 0.398. The summed E-state index contributed by atoms with van der Waals surface area (Å²) in [5.41, 5.74) is 7.01. The van der Waals surface area contributed by atoms with Crippen molar-refractivity contribution < 1.29 is 0 Å². The lowest BCUT2D eigenvalue weighted by molar-refractivity contribution is 0.567. The van der Waals surface area contributed by atoms with Gasteiger partial charge in [-0.1, -0.05) is 50.1 Å². The van der Waals surface area contributed by atoms with E-state index in [-0.39, 0.29) is 0 Å². The third-order valence-electron chi connectivity index (χ3n) is 2.66. The monoisotopic (exact) mass is 233 g/mol. The molecule has 0 saturated carbocycles. The van der Waals surface area contributed by atoms with Crippen LogP contribution in [0.3, 0.4) is 0 Å². The molecular weight excluding hydrogens is 210 g/mol. The molecule has 1 rings (SSSR count). The molecule has 0 aliphatic rings.